The summed E-state index contributed by atoms with van der Waals surface area (Å²) < 4.78 is 6.32. The molecular weight excluding hydrogens is 256 g/mol. The molecule has 0 saturated heterocycles. The van der Waals surface area contributed by atoms with E-state index in [1.165, 1.54) is 0 Å². The number of carbonyl (C=O) groups is 2. The molecule has 0 aromatic carbocycles. The third kappa shape index (κ3) is 3.84. The smallest absolute Gasteiger partial charge is 0.306 e. The van der Waals surface area contributed by atoms with Gasteiger partial charge in [0.25, 0.3) is 0 Å². The lowest BCUT2D eigenvalue weighted by molar-refractivity contribution is -0.144. The Bertz CT molecular complexity index is 454. The first-order valence-electron chi connectivity index (χ1n) is 5.82. The Morgan fingerprint density at radius 3 is 2.50 bits per heavy atom. The van der Waals surface area contributed by atoms with Crippen LogP contribution >= 0.6 is 11.6 Å². The van der Waals surface area contributed by atoms with Gasteiger partial charge in [0.15, 0.2) is 5.78 Å². The summed E-state index contributed by atoms with van der Waals surface area (Å²) in [6.45, 7) is 5.80. The van der Waals surface area contributed by atoms with Crippen LogP contribution in [0.1, 0.15) is 31.2 Å². The Morgan fingerprint density at radius 1 is 1.33 bits per heavy atom. The minimum atomic E-state index is -0.350. The van der Waals surface area contributed by atoms with E-state index in [1.807, 2.05) is 0 Å². The van der Waals surface area contributed by atoms with Crippen LogP contribution in [0.2, 0.25) is 5.02 Å². The molecule has 0 aliphatic rings. The summed E-state index contributed by atoms with van der Waals surface area (Å²) in [6.07, 6.45) is 0.272. The maximum absolute atomic E-state index is 11.7. The predicted octanol–water partition coefficient (Wildman–Crippen LogP) is 2.07. The van der Waals surface area contributed by atoms with E-state index in [0.717, 1.165) is 5.69 Å². The van der Waals surface area contributed by atoms with Crippen molar-refractivity contribution in [2.24, 2.45) is 0 Å². The lowest BCUT2D eigenvalue weighted by Gasteiger charge is -2.04. The van der Waals surface area contributed by atoms with E-state index in [0.29, 0.717) is 17.3 Å². The minimum absolute atomic E-state index is 0.0645. The molecule has 0 fully saturated rings. The Kier molecular flexibility index (Phi) is 5.34. The van der Waals surface area contributed by atoms with Crippen molar-refractivity contribution in [1.29, 1.82) is 0 Å². The van der Waals surface area contributed by atoms with Crippen LogP contribution in [0.4, 0.5) is 0 Å². The van der Waals surface area contributed by atoms with Crippen molar-refractivity contribution in [2.45, 2.75) is 40.2 Å². The first-order chi connectivity index (χ1) is 8.45. The van der Waals surface area contributed by atoms with Crippen molar-refractivity contribution >= 4 is 23.4 Å². The van der Waals surface area contributed by atoms with Crippen LogP contribution in [-0.2, 0) is 20.9 Å². The number of aromatic nitrogens is 2. The zero-order valence-corrected chi connectivity index (χ0v) is 11.6. The van der Waals surface area contributed by atoms with Gasteiger partial charge >= 0.3 is 5.97 Å². The summed E-state index contributed by atoms with van der Waals surface area (Å²) in [5.41, 5.74) is 1.46. The fourth-order valence-corrected chi connectivity index (χ4v) is 1.69. The number of aryl methyl sites for hydroxylation is 1. The summed E-state index contributed by atoms with van der Waals surface area (Å²) in [5, 5.41) is 4.74. The number of ketones is 1. The molecule has 0 radical (unpaired) electrons. The number of halogens is 1. The van der Waals surface area contributed by atoms with Crippen molar-refractivity contribution in [3.63, 3.8) is 0 Å². The number of carbonyl (C=O) groups excluding carboxylic acids is 2. The number of nitrogens with zero attached hydrogens (tertiary/aromatic N) is 2. The van der Waals surface area contributed by atoms with Crippen LogP contribution in [0.3, 0.4) is 0 Å². The second-order valence-electron chi connectivity index (χ2n) is 3.99. The van der Waals surface area contributed by atoms with Gasteiger partial charge in [-0.2, -0.15) is 5.10 Å². The molecule has 0 saturated carbocycles. The number of rotatable bonds is 6. The molecule has 0 unspecified atom stereocenters. The molecule has 0 amide bonds. The van der Waals surface area contributed by atoms with Crippen molar-refractivity contribution in [3.8, 4) is 0 Å². The van der Waals surface area contributed by atoms with E-state index in [1.54, 1.807) is 25.5 Å². The number of hydrogen-bond donors (Lipinski definition) is 0. The third-order valence-electron chi connectivity index (χ3n) is 2.53. The molecular formula is C12H17ClN2O3. The normalized spacial score (nSPS) is 10.4. The van der Waals surface area contributed by atoms with Crippen molar-refractivity contribution in [2.75, 3.05) is 6.61 Å². The van der Waals surface area contributed by atoms with Gasteiger partial charge in [0.2, 0.25) is 0 Å². The van der Waals surface area contributed by atoms with Crippen molar-refractivity contribution in [3.05, 3.63) is 16.4 Å². The highest BCUT2D eigenvalue weighted by molar-refractivity contribution is 6.31. The quantitative estimate of drug-likeness (QED) is 0.744. The maximum atomic E-state index is 11.7. The Balaban J connectivity index is 2.50. The third-order valence-corrected chi connectivity index (χ3v) is 3.08. The number of esters is 1. The highest BCUT2D eigenvalue weighted by Gasteiger charge is 2.13. The average Bonchev–Trinajstić information content (AvgIpc) is 2.55. The molecule has 0 atom stereocenters. The molecule has 0 aliphatic heterocycles. The average molecular weight is 273 g/mol. The van der Waals surface area contributed by atoms with Gasteiger partial charge in [-0.15, -0.1) is 0 Å². The molecule has 0 bridgehead atoms. The zero-order valence-electron chi connectivity index (χ0n) is 10.8. The Morgan fingerprint density at radius 2 is 2.00 bits per heavy atom. The van der Waals surface area contributed by atoms with Crippen LogP contribution in [-0.4, -0.2) is 28.1 Å². The fraction of sp³-hybridized carbons (Fsp3) is 0.583. The first-order valence-corrected chi connectivity index (χ1v) is 6.20. The molecule has 100 valence electrons. The molecule has 0 N–H and O–H groups in total. The molecule has 18 heavy (non-hydrogen) atoms. The van der Waals surface area contributed by atoms with Gasteiger partial charge in [-0.05, 0) is 20.8 Å². The highest BCUT2D eigenvalue weighted by Crippen LogP contribution is 2.18. The molecule has 1 aromatic rings. The molecule has 0 spiro atoms. The number of hydrogen-bond acceptors (Lipinski definition) is 4. The maximum Gasteiger partial charge on any atom is 0.306 e. The van der Waals surface area contributed by atoms with E-state index in [9.17, 15) is 9.59 Å². The topological polar surface area (TPSA) is 61.2 Å². The van der Waals surface area contributed by atoms with E-state index in [4.69, 9.17) is 16.3 Å². The standard InChI is InChI=1S/C12H17ClN2O3/c1-4-18-11(17)6-5-10(16)7-15-9(3)12(13)8(2)14-15/h4-7H2,1-3H3. The van der Waals surface area contributed by atoms with Crippen molar-refractivity contribution in [1.82, 2.24) is 9.78 Å². The summed E-state index contributed by atoms with van der Waals surface area (Å²) in [4.78, 5) is 22.8. The van der Waals surface area contributed by atoms with Gasteiger partial charge in [0, 0.05) is 6.42 Å². The minimum Gasteiger partial charge on any atom is -0.466 e. The molecule has 1 rings (SSSR count). The van der Waals surface area contributed by atoms with Crippen LogP contribution in [0, 0.1) is 13.8 Å². The van der Waals surface area contributed by atoms with Crippen molar-refractivity contribution < 1.29 is 14.3 Å². The van der Waals surface area contributed by atoms with Crippen LogP contribution < -0.4 is 0 Å². The molecule has 6 heteroatoms. The zero-order chi connectivity index (χ0) is 13.7. The van der Waals surface area contributed by atoms with Crippen LogP contribution in [0.25, 0.3) is 0 Å². The molecule has 1 aromatic heterocycles. The molecule has 1 heterocycles. The van der Waals surface area contributed by atoms with E-state index in [-0.39, 0.29) is 31.1 Å². The fourth-order valence-electron chi connectivity index (χ4n) is 1.55. The largest absolute Gasteiger partial charge is 0.466 e. The van der Waals surface area contributed by atoms with E-state index >= 15 is 0 Å². The van der Waals surface area contributed by atoms with E-state index < -0.39 is 0 Å². The summed E-state index contributed by atoms with van der Waals surface area (Å²) >= 11 is 5.98. The highest BCUT2D eigenvalue weighted by atomic mass is 35.5. The van der Waals surface area contributed by atoms with Gasteiger partial charge in [-0.3, -0.25) is 14.3 Å². The van der Waals surface area contributed by atoms with Crippen LogP contribution in [0.5, 0.6) is 0 Å². The van der Waals surface area contributed by atoms with Gasteiger partial charge in [0.05, 0.1) is 36.0 Å². The first kappa shape index (κ1) is 14.7. The summed E-state index contributed by atoms with van der Waals surface area (Å²) in [6, 6.07) is 0. The summed E-state index contributed by atoms with van der Waals surface area (Å²) in [5.74, 6) is -0.414. The SMILES string of the molecule is CCOC(=O)CCC(=O)Cn1nc(C)c(Cl)c1C. The van der Waals surface area contributed by atoms with Gasteiger partial charge in [-0.1, -0.05) is 11.6 Å². The second-order valence-corrected chi connectivity index (χ2v) is 4.36. The molecule has 0 aliphatic carbocycles. The number of ether oxygens (including phenoxy) is 1. The van der Waals surface area contributed by atoms with Gasteiger partial charge in [0.1, 0.15) is 0 Å². The Hall–Kier alpha value is -1.36. The van der Waals surface area contributed by atoms with E-state index in [2.05, 4.69) is 5.10 Å². The Labute approximate surface area is 111 Å². The lowest BCUT2D eigenvalue weighted by Crippen LogP contribution is -2.15. The van der Waals surface area contributed by atoms with Crippen LogP contribution in [0.15, 0.2) is 0 Å². The lowest BCUT2D eigenvalue weighted by atomic mass is 10.2. The molecule has 5 nitrogen and oxygen atoms in total. The second kappa shape index (κ2) is 6.54. The monoisotopic (exact) mass is 272 g/mol. The van der Waals surface area contributed by atoms with Gasteiger partial charge in [-0.25, -0.2) is 0 Å². The predicted molar refractivity (Wildman–Crippen MR) is 67.6 cm³/mol. The van der Waals surface area contributed by atoms with Gasteiger partial charge < -0.3 is 4.74 Å². The number of Topliss-reactive ketones (excluding diaryl/α,β-unsaturated/α-hetero) is 1. The summed E-state index contributed by atoms with van der Waals surface area (Å²) in [7, 11) is 0.